The first-order valence-electron chi connectivity index (χ1n) is 5.25. The van der Waals surface area contributed by atoms with Crippen LogP contribution in [-0.4, -0.2) is 15.5 Å². The van der Waals surface area contributed by atoms with Gasteiger partial charge in [-0.2, -0.15) is 0 Å². The maximum absolute atomic E-state index is 12.2. The van der Waals surface area contributed by atoms with Gasteiger partial charge in [0, 0.05) is 16.3 Å². The van der Waals surface area contributed by atoms with Crippen molar-refractivity contribution in [2.75, 3.05) is 0 Å². The zero-order chi connectivity index (χ0) is 14.0. The van der Waals surface area contributed by atoms with E-state index in [0.29, 0.717) is 16.3 Å². The summed E-state index contributed by atoms with van der Waals surface area (Å²) < 4.78 is 5.58. The largest absolute Gasteiger partial charge is 0.446 e. The fraction of sp³-hybridized carbons (Fsp3) is 0.0833. The van der Waals surface area contributed by atoms with Crippen molar-refractivity contribution in [3.63, 3.8) is 0 Å². The Balaban J connectivity index is 2.51. The number of rotatable bonds is 3. The van der Waals surface area contributed by atoms with Crippen molar-refractivity contribution >= 4 is 35.7 Å². The lowest BCUT2D eigenvalue weighted by atomic mass is 10.1. The molecule has 0 saturated heterocycles. The van der Waals surface area contributed by atoms with Crippen molar-refractivity contribution in [2.45, 2.75) is 6.92 Å². The smallest absolute Gasteiger partial charge is 0.295 e. The van der Waals surface area contributed by atoms with Gasteiger partial charge in [-0.15, -0.1) is 12.6 Å². The Morgan fingerprint density at radius 2 is 2.05 bits per heavy atom. The van der Waals surface area contributed by atoms with E-state index in [1.54, 1.807) is 31.2 Å². The molecule has 0 aliphatic heterocycles. The molecule has 19 heavy (non-hydrogen) atoms. The van der Waals surface area contributed by atoms with E-state index in [4.69, 9.17) is 11.6 Å². The number of hydrogen-bond donors (Lipinski definition) is 1. The fourth-order valence-corrected chi connectivity index (χ4v) is 1.73. The fourth-order valence-electron chi connectivity index (χ4n) is 1.49. The molecule has 1 heterocycles. The first-order chi connectivity index (χ1) is 9.04. The topological polar surface area (TPSA) is 65.1 Å². The molecule has 2 rings (SSSR count). The van der Waals surface area contributed by atoms with Crippen LogP contribution in [0.4, 0.5) is 0 Å². The molecule has 0 unspecified atom stereocenters. The molecule has 0 N–H and O–H groups in total. The Morgan fingerprint density at radius 3 is 2.63 bits per heavy atom. The van der Waals surface area contributed by atoms with Crippen LogP contribution in [0.5, 0.6) is 0 Å². The molecule has 98 valence electrons. The normalized spacial score (nSPS) is 11.6. The van der Waals surface area contributed by atoms with Crippen LogP contribution in [-0.2, 0) is 0 Å². The number of hydrogen-bond acceptors (Lipinski definition) is 5. The number of aromatic nitrogens is 2. The van der Waals surface area contributed by atoms with Crippen LogP contribution in [0.1, 0.15) is 23.1 Å². The third-order valence-corrected chi connectivity index (χ3v) is 3.08. The molecule has 0 atom stereocenters. The summed E-state index contributed by atoms with van der Waals surface area (Å²) in [6.45, 7) is 1.62. The van der Waals surface area contributed by atoms with Gasteiger partial charge < -0.3 is 0 Å². The van der Waals surface area contributed by atoms with Crippen LogP contribution in [0.15, 0.2) is 39.0 Å². The second-order valence-electron chi connectivity index (χ2n) is 3.71. The SMILES string of the molecule is C/C(=C/S)n1c(C(=O)c2ccc(Cl)cc2)noc1=O. The summed E-state index contributed by atoms with van der Waals surface area (Å²) in [6.07, 6.45) is 0. The second kappa shape index (κ2) is 5.46. The van der Waals surface area contributed by atoms with E-state index in [9.17, 15) is 9.59 Å². The molecule has 0 fully saturated rings. The molecule has 1 aromatic carbocycles. The minimum Gasteiger partial charge on any atom is -0.295 e. The predicted molar refractivity (Wildman–Crippen MR) is 74.6 cm³/mol. The van der Waals surface area contributed by atoms with Crippen molar-refractivity contribution in [2.24, 2.45) is 0 Å². The molecule has 0 radical (unpaired) electrons. The van der Waals surface area contributed by atoms with Gasteiger partial charge in [0.05, 0.1) is 0 Å². The summed E-state index contributed by atoms with van der Waals surface area (Å²) in [4.78, 5) is 23.8. The summed E-state index contributed by atoms with van der Waals surface area (Å²) in [6, 6.07) is 6.26. The van der Waals surface area contributed by atoms with E-state index in [2.05, 4.69) is 22.3 Å². The highest BCUT2D eigenvalue weighted by Gasteiger charge is 2.20. The Labute approximate surface area is 118 Å². The molecule has 0 amide bonds. The quantitative estimate of drug-likeness (QED) is 0.698. The summed E-state index contributed by atoms with van der Waals surface area (Å²) in [5.74, 6) is -1.27. The van der Waals surface area contributed by atoms with Crippen molar-refractivity contribution in [3.05, 3.63) is 56.6 Å². The maximum atomic E-state index is 12.2. The second-order valence-corrected chi connectivity index (χ2v) is 4.41. The van der Waals surface area contributed by atoms with Crippen LogP contribution >= 0.6 is 24.2 Å². The molecule has 0 aliphatic carbocycles. The van der Waals surface area contributed by atoms with Crippen molar-refractivity contribution in [1.82, 2.24) is 9.72 Å². The summed E-state index contributed by atoms with van der Waals surface area (Å²) >= 11 is 9.70. The minimum atomic E-state index is -0.736. The van der Waals surface area contributed by atoms with Crippen LogP contribution < -0.4 is 5.76 Å². The summed E-state index contributed by atoms with van der Waals surface area (Å²) in [5.41, 5.74) is 0.797. The van der Waals surface area contributed by atoms with E-state index >= 15 is 0 Å². The van der Waals surface area contributed by atoms with Crippen molar-refractivity contribution < 1.29 is 9.32 Å². The first-order valence-corrected chi connectivity index (χ1v) is 6.14. The van der Waals surface area contributed by atoms with E-state index in [1.165, 1.54) is 5.41 Å². The molecular weight excluding hydrogens is 288 g/mol. The van der Waals surface area contributed by atoms with Crippen LogP contribution in [0, 0.1) is 0 Å². The van der Waals surface area contributed by atoms with Gasteiger partial charge in [0.1, 0.15) is 0 Å². The lowest BCUT2D eigenvalue weighted by Gasteiger charge is -2.03. The van der Waals surface area contributed by atoms with Gasteiger partial charge in [0.25, 0.3) is 0 Å². The monoisotopic (exact) mass is 296 g/mol. The summed E-state index contributed by atoms with van der Waals surface area (Å²) in [5, 5.41) is 5.40. The third kappa shape index (κ3) is 2.64. The molecule has 0 spiro atoms. The van der Waals surface area contributed by atoms with Gasteiger partial charge >= 0.3 is 5.76 Å². The van der Waals surface area contributed by atoms with E-state index in [1.807, 2.05) is 0 Å². The Kier molecular flexibility index (Phi) is 3.92. The molecule has 0 bridgehead atoms. The zero-order valence-electron chi connectivity index (χ0n) is 9.83. The van der Waals surface area contributed by atoms with Crippen molar-refractivity contribution in [1.29, 1.82) is 0 Å². The molecule has 1 aromatic heterocycles. The van der Waals surface area contributed by atoms with E-state index in [-0.39, 0.29) is 5.82 Å². The molecule has 2 aromatic rings. The zero-order valence-corrected chi connectivity index (χ0v) is 11.5. The third-order valence-electron chi connectivity index (χ3n) is 2.45. The molecule has 5 nitrogen and oxygen atoms in total. The average molecular weight is 297 g/mol. The Bertz CT molecular complexity index is 701. The number of thiol groups is 1. The van der Waals surface area contributed by atoms with Gasteiger partial charge in [-0.25, -0.2) is 9.36 Å². The van der Waals surface area contributed by atoms with Crippen molar-refractivity contribution in [3.8, 4) is 0 Å². The van der Waals surface area contributed by atoms with Gasteiger partial charge in [0.15, 0.2) is 0 Å². The highest BCUT2D eigenvalue weighted by atomic mass is 35.5. The number of halogens is 1. The van der Waals surface area contributed by atoms with Crippen LogP contribution in [0.3, 0.4) is 0 Å². The van der Waals surface area contributed by atoms with Gasteiger partial charge in [-0.3, -0.25) is 9.32 Å². The predicted octanol–water partition coefficient (Wildman–Crippen LogP) is 2.47. The lowest BCUT2D eigenvalue weighted by molar-refractivity contribution is 0.102. The van der Waals surface area contributed by atoms with Crippen LogP contribution in [0.25, 0.3) is 5.70 Å². The van der Waals surface area contributed by atoms with Crippen LogP contribution in [0.2, 0.25) is 5.02 Å². The highest BCUT2D eigenvalue weighted by Crippen LogP contribution is 2.14. The molecule has 0 aliphatic rings. The van der Waals surface area contributed by atoms with Gasteiger partial charge in [-0.05, 0) is 36.6 Å². The molecular formula is C12H9ClN2O3S. The Hall–Kier alpha value is -1.79. The first kappa shape index (κ1) is 13.6. The number of ketones is 1. The minimum absolute atomic E-state index is 0.102. The lowest BCUT2D eigenvalue weighted by Crippen LogP contribution is -2.18. The average Bonchev–Trinajstić information content (AvgIpc) is 2.80. The molecule has 7 heteroatoms. The number of benzene rings is 1. The number of carbonyl (C=O) groups excluding carboxylic acids is 1. The number of allylic oxidation sites excluding steroid dienone is 1. The molecule has 0 saturated carbocycles. The van der Waals surface area contributed by atoms with E-state index in [0.717, 1.165) is 4.57 Å². The number of carbonyl (C=O) groups is 1. The maximum Gasteiger partial charge on any atom is 0.446 e. The van der Waals surface area contributed by atoms with Gasteiger partial charge in [0.2, 0.25) is 11.6 Å². The standard InChI is InChI=1S/C12H9ClN2O3S/c1-7(6-19)15-11(14-18-12(15)17)10(16)8-2-4-9(13)5-3-8/h2-6,19H,1H3/b7-6-. The Morgan fingerprint density at radius 1 is 1.42 bits per heavy atom. The number of nitrogens with zero attached hydrogens (tertiary/aromatic N) is 2. The van der Waals surface area contributed by atoms with E-state index < -0.39 is 11.5 Å². The summed E-state index contributed by atoms with van der Waals surface area (Å²) in [7, 11) is 0. The highest BCUT2D eigenvalue weighted by molar-refractivity contribution is 7.83. The van der Waals surface area contributed by atoms with Gasteiger partial charge in [-0.1, -0.05) is 16.8 Å².